The van der Waals surface area contributed by atoms with Gasteiger partial charge >= 0.3 is 0 Å². The summed E-state index contributed by atoms with van der Waals surface area (Å²) in [5.41, 5.74) is -0.00154. The van der Waals surface area contributed by atoms with E-state index in [1.54, 1.807) is 7.11 Å². The van der Waals surface area contributed by atoms with Crippen LogP contribution in [0, 0.1) is 5.92 Å². The molecule has 0 amide bonds. The molecule has 1 unspecified atom stereocenters. The molecule has 0 N–H and O–H groups in total. The summed E-state index contributed by atoms with van der Waals surface area (Å²) in [6.45, 7) is 10.5. The number of nitrogens with zero attached hydrogens (tertiary/aromatic N) is 3. The van der Waals surface area contributed by atoms with E-state index < -0.39 is 0 Å². The van der Waals surface area contributed by atoms with Gasteiger partial charge in [0.2, 0.25) is 5.89 Å². The average molecular weight is 297 g/mol. The molecule has 6 heteroatoms. The fraction of sp³-hybridized carbons (Fsp3) is 0.867. The molecule has 1 aromatic heterocycles. The number of hydrogen-bond acceptors (Lipinski definition) is 6. The van der Waals surface area contributed by atoms with Gasteiger partial charge in [-0.15, -0.1) is 0 Å². The van der Waals surface area contributed by atoms with Crippen molar-refractivity contribution in [1.82, 2.24) is 15.0 Å². The molecule has 1 fully saturated rings. The minimum absolute atomic E-state index is 0.00154. The van der Waals surface area contributed by atoms with Gasteiger partial charge in [-0.3, -0.25) is 4.90 Å². The van der Waals surface area contributed by atoms with E-state index in [0.717, 1.165) is 32.5 Å². The van der Waals surface area contributed by atoms with Crippen molar-refractivity contribution in [3.8, 4) is 0 Å². The number of aromatic nitrogens is 2. The SMILES string of the molecule is CCN(Cc1nc(COC)no1)CC1CCOC(C)(C)C1. The van der Waals surface area contributed by atoms with Crippen LogP contribution in [0.15, 0.2) is 4.52 Å². The molecule has 1 atom stereocenters. The van der Waals surface area contributed by atoms with Crippen molar-refractivity contribution < 1.29 is 14.0 Å². The van der Waals surface area contributed by atoms with Gasteiger partial charge in [-0.05, 0) is 39.2 Å². The van der Waals surface area contributed by atoms with Crippen LogP contribution in [-0.4, -0.2) is 47.4 Å². The summed E-state index contributed by atoms with van der Waals surface area (Å²) in [6.07, 6.45) is 2.22. The van der Waals surface area contributed by atoms with Crippen LogP contribution < -0.4 is 0 Å². The van der Waals surface area contributed by atoms with Gasteiger partial charge in [0.15, 0.2) is 5.82 Å². The van der Waals surface area contributed by atoms with Crippen molar-refractivity contribution in [2.75, 3.05) is 26.8 Å². The summed E-state index contributed by atoms with van der Waals surface area (Å²) < 4.78 is 16.1. The topological polar surface area (TPSA) is 60.6 Å². The minimum Gasteiger partial charge on any atom is -0.377 e. The summed E-state index contributed by atoms with van der Waals surface area (Å²) in [5.74, 6) is 1.93. The van der Waals surface area contributed by atoms with Crippen LogP contribution in [0.4, 0.5) is 0 Å². The first-order valence-corrected chi connectivity index (χ1v) is 7.69. The van der Waals surface area contributed by atoms with E-state index in [-0.39, 0.29) is 5.60 Å². The average Bonchev–Trinajstić information content (AvgIpc) is 2.85. The first kappa shape index (κ1) is 16.4. The highest BCUT2D eigenvalue weighted by atomic mass is 16.5. The number of rotatable bonds is 7. The predicted octanol–water partition coefficient (Wildman–Crippen LogP) is 2.24. The van der Waals surface area contributed by atoms with Crippen LogP contribution in [0.25, 0.3) is 0 Å². The first-order valence-electron chi connectivity index (χ1n) is 7.69. The molecule has 0 aliphatic carbocycles. The maximum Gasteiger partial charge on any atom is 0.240 e. The third kappa shape index (κ3) is 5.05. The lowest BCUT2D eigenvalue weighted by molar-refractivity contribution is -0.0771. The normalized spacial score (nSPS) is 21.9. The Morgan fingerprint density at radius 3 is 2.90 bits per heavy atom. The van der Waals surface area contributed by atoms with Gasteiger partial charge in [0.25, 0.3) is 0 Å². The van der Waals surface area contributed by atoms with Crippen LogP contribution in [0.1, 0.15) is 45.3 Å². The third-order valence-corrected chi connectivity index (χ3v) is 3.91. The largest absolute Gasteiger partial charge is 0.377 e. The van der Waals surface area contributed by atoms with Gasteiger partial charge in [-0.2, -0.15) is 4.98 Å². The number of methoxy groups -OCH3 is 1. The van der Waals surface area contributed by atoms with Crippen molar-refractivity contribution >= 4 is 0 Å². The van der Waals surface area contributed by atoms with E-state index >= 15 is 0 Å². The molecule has 0 bridgehead atoms. The Balaban J connectivity index is 1.87. The molecule has 0 spiro atoms. The standard InChI is InChI=1S/C15H27N3O3/c1-5-18(9-12-6-7-20-15(2,3)8-12)10-14-16-13(11-19-4)17-21-14/h12H,5-11H2,1-4H3. The molecule has 120 valence electrons. The summed E-state index contributed by atoms with van der Waals surface area (Å²) in [6, 6.07) is 0. The van der Waals surface area contributed by atoms with Gasteiger partial charge in [0.05, 0.1) is 12.1 Å². The molecular weight excluding hydrogens is 270 g/mol. The van der Waals surface area contributed by atoms with E-state index in [0.29, 0.717) is 30.8 Å². The second-order valence-electron chi connectivity index (χ2n) is 6.33. The Bertz CT molecular complexity index is 434. The summed E-state index contributed by atoms with van der Waals surface area (Å²) >= 11 is 0. The zero-order valence-corrected chi connectivity index (χ0v) is 13.6. The fourth-order valence-corrected chi connectivity index (χ4v) is 2.92. The van der Waals surface area contributed by atoms with Gasteiger partial charge in [-0.1, -0.05) is 12.1 Å². The molecule has 6 nitrogen and oxygen atoms in total. The lowest BCUT2D eigenvalue weighted by Crippen LogP contribution is -2.39. The highest BCUT2D eigenvalue weighted by Crippen LogP contribution is 2.29. The lowest BCUT2D eigenvalue weighted by atomic mass is 9.88. The van der Waals surface area contributed by atoms with Gasteiger partial charge in [0.1, 0.15) is 6.61 Å². The van der Waals surface area contributed by atoms with Crippen molar-refractivity contribution in [1.29, 1.82) is 0 Å². The van der Waals surface area contributed by atoms with E-state index in [1.807, 2.05) is 0 Å². The maximum absolute atomic E-state index is 5.79. The van der Waals surface area contributed by atoms with E-state index in [4.69, 9.17) is 14.0 Å². The van der Waals surface area contributed by atoms with Gasteiger partial charge < -0.3 is 14.0 Å². The number of hydrogen-bond donors (Lipinski definition) is 0. The van der Waals surface area contributed by atoms with Gasteiger partial charge in [-0.25, -0.2) is 0 Å². The Morgan fingerprint density at radius 1 is 1.43 bits per heavy atom. The van der Waals surface area contributed by atoms with Crippen LogP contribution in [-0.2, 0) is 22.6 Å². The Morgan fingerprint density at radius 2 is 2.24 bits per heavy atom. The summed E-state index contributed by atoms with van der Waals surface area (Å²) in [7, 11) is 1.63. The quantitative estimate of drug-likeness (QED) is 0.769. The van der Waals surface area contributed by atoms with Crippen molar-refractivity contribution in [2.24, 2.45) is 5.92 Å². The molecule has 1 saturated heterocycles. The van der Waals surface area contributed by atoms with E-state index in [1.165, 1.54) is 0 Å². The minimum atomic E-state index is -0.00154. The van der Waals surface area contributed by atoms with Gasteiger partial charge in [0, 0.05) is 20.3 Å². The Hall–Kier alpha value is -0.980. The van der Waals surface area contributed by atoms with E-state index in [2.05, 4.69) is 35.8 Å². The zero-order valence-electron chi connectivity index (χ0n) is 13.6. The predicted molar refractivity (Wildman–Crippen MR) is 78.7 cm³/mol. The maximum atomic E-state index is 5.79. The summed E-state index contributed by atoms with van der Waals surface area (Å²) in [5, 5.41) is 3.91. The van der Waals surface area contributed by atoms with Crippen molar-refractivity contribution in [3.05, 3.63) is 11.7 Å². The molecule has 0 saturated carbocycles. The molecule has 0 aromatic carbocycles. The van der Waals surface area contributed by atoms with Crippen LogP contribution in [0.2, 0.25) is 0 Å². The second kappa shape index (κ2) is 7.33. The second-order valence-corrected chi connectivity index (χ2v) is 6.33. The monoisotopic (exact) mass is 297 g/mol. The van der Waals surface area contributed by atoms with Crippen molar-refractivity contribution in [3.63, 3.8) is 0 Å². The Labute approximate surface area is 126 Å². The zero-order chi connectivity index (χ0) is 15.3. The molecular formula is C15H27N3O3. The lowest BCUT2D eigenvalue weighted by Gasteiger charge is -2.37. The highest BCUT2D eigenvalue weighted by molar-refractivity contribution is 4.86. The first-order chi connectivity index (χ1) is 10.0. The Kier molecular flexibility index (Phi) is 5.72. The highest BCUT2D eigenvalue weighted by Gasteiger charge is 2.29. The molecule has 1 aromatic rings. The van der Waals surface area contributed by atoms with Crippen LogP contribution in [0.5, 0.6) is 0 Å². The molecule has 2 rings (SSSR count). The molecule has 21 heavy (non-hydrogen) atoms. The van der Waals surface area contributed by atoms with Crippen LogP contribution >= 0.6 is 0 Å². The fourth-order valence-electron chi connectivity index (χ4n) is 2.92. The number of ether oxygens (including phenoxy) is 2. The third-order valence-electron chi connectivity index (χ3n) is 3.91. The van der Waals surface area contributed by atoms with Crippen LogP contribution in [0.3, 0.4) is 0 Å². The summed E-state index contributed by atoms with van der Waals surface area (Å²) in [4.78, 5) is 6.70. The molecule has 0 radical (unpaired) electrons. The molecule has 2 heterocycles. The molecule has 1 aliphatic heterocycles. The van der Waals surface area contributed by atoms with Crippen molar-refractivity contribution in [2.45, 2.75) is 52.4 Å². The van der Waals surface area contributed by atoms with E-state index in [9.17, 15) is 0 Å². The smallest absolute Gasteiger partial charge is 0.240 e. The molecule has 1 aliphatic rings.